The Hall–Kier alpha value is -6.20. The molecule has 0 radical (unpaired) electrons. The third kappa shape index (κ3) is 4.59. The van der Waals surface area contributed by atoms with Gasteiger partial charge in [0.15, 0.2) is 0 Å². The van der Waals surface area contributed by atoms with Gasteiger partial charge in [0.2, 0.25) is 0 Å². The molecule has 0 saturated heterocycles. The van der Waals surface area contributed by atoms with Crippen LogP contribution >= 0.6 is 0 Å². The second-order valence-corrected chi connectivity index (χ2v) is 17.4. The van der Waals surface area contributed by atoms with Crippen molar-refractivity contribution in [3.63, 3.8) is 0 Å². The third-order valence-electron chi connectivity index (χ3n) is 12.0. The van der Waals surface area contributed by atoms with Gasteiger partial charge in [-0.15, -0.1) is 0 Å². The highest BCUT2D eigenvalue weighted by molar-refractivity contribution is 7.01. The Labute approximate surface area is 321 Å². The van der Waals surface area contributed by atoms with Crippen LogP contribution in [0.5, 0.6) is 0 Å². The molecule has 4 nitrogen and oxygen atoms in total. The molecule has 55 heavy (non-hydrogen) atoms. The molecule has 0 saturated carbocycles. The molecule has 0 bridgehead atoms. The molecule has 2 aliphatic rings. The highest BCUT2D eigenvalue weighted by atomic mass is 16.3. The van der Waals surface area contributed by atoms with Gasteiger partial charge in [-0.25, -0.2) is 0 Å². The second kappa shape index (κ2) is 11.2. The van der Waals surface area contributed by atoms with Gasteiger partial charge in [0.25, 0.3) is 6.71 Å². The zero-order chi connectivity index (χ0) is 37.4. The van der Waals surface area contributed by atoms with Gasteiger partial charge in [-0.3, -0.25) is 0 Å². The lowest BCUT2D eigenvalue weighted by atomic mass is 9.35. The minimum atomic E-state index is -0.155. The first-order valence-electron chi connectivity index (χ1n) is 19.4. The van der Waals surface area contributed by atoms with Crippen LogP contribution in [0, 0.1) is 0 Å². The first kappa shape index (κ1) is 32.3. The third-order valence-corrected chi connectivity index (χ3v) is 12.0. The summed E-state index contributed by atoms with van der Waals surface area (Å²) in [6.45, 7) is 13.5. The van der Waals surface area contributed by atoms with E-state index in [0.717, 1.165) is 67.0 Å². The van der Waals surface area contributed by atoms with Crippen LogP contribution in [0.1, 0.15) is 52.7 Å². The van der Waals surface area contributed by atoms with Crippen molar-refractivity contribution >= 4 is 101 Å². The molecule has 2 aliphatic heterocycles. The van der Waals surface area contributed by atoms with Crippen molar-refractivity contribution in [3.8, 4) is 0 Å². The van der Waals surface area contributed by atoms with E-state index in [1.54, 1.807) is 0 Å². The lowest BCUT2D eigenvalue weighted by molar-refractivity contribution is 0.590. The van der Waals surface area contributed by atoms with Gasteiger partial charge < -0.3 is 18.6 Å². The normalized spacial score (nSPS) is 13.9. The molecule has 0 fully saturated rings. The summed E-state index contributed by atoms with van der Waals surface area (Å²) in [7, 11) is 0. The van der Waals surface area contributed by atoms with E-state index < -0.39 is 0 Å². The van der Waals surface area contributed by atoms with Crippen molar-refractivity contribution < 1.29 is 8.83 Å². The average molecular weight is 713 g/mol. The number of anilines is 6. The van der Waals surface area contributed by atoms with Gasteiger partial charge in [-0.2, -0.15) is 0 Å². The van der Waals surface area contributed by atoms with Gasteiger partial charge in [0.05, 0.1) is 16.7 Å². The number of hydrogen-bond acceptors (Lipinski definition) is 4. The molecule has 7 aromatic carbocycles. The molecule has 2 aromatic heterocycles. The molecule has 0 N–H and O–H groups in total. The van der Waals surface area contributed by atoms with Gasteiger partial charge in [-0.1, -0.05) is 120 Å². The van der Waals surface area contributed by atoms with Crippen LogP contribution in [0.25, 0.3) is 43.7 Å². The summed E-state index contributed by atoms with van der Waals surface area (Å²) in [6.07, 6.45) is 0. The van der Waals surface area contributed by atoms with Crippen LogP contribution in [0.3, 0.4) is 0 Å². The maximum atomic E-state index is 7.43. The Morgan fingerprint density at radius 1 is 0.455 bits per heavy atom. The highest BCUT2D eigenvalue weighted by Crippen LogP contribution is 2.49. The molecular weight excluding hydrogens is 671 g/mol. The van der Waals surface area contributed by atoms with Gasteiger partial charge in [-0.05, 0) is 104 Å². The van der Waals surface area contributed by atoms with Crippen LogP contribution in [-0.2, 0) is 10.8 Å². The molecule has 9 aromatic rings. The van der Waals surface area contributed by atoms with Crippen molar-refractivity contribution in [1.82, 2.24) is 0 Å². The second-order valence-electron chi connectivity index (χ2n) is 17.4. The minimum Gasteiger partial charge on any atom is -0.467 e. The zero-order valence-electron chi connectivity index (χ0n) is 32.1. The van der Waals surface area contributed by atoms with Crippen molar-refractivity contribution in [1.29, 1.82) is 0 Å². The number of benzene rings is 7. The van der Waals surface area contributed by atoms with E-state index in [9.17, 15) is 0 Å². The number of rotatable bonds is 2. The number of fused-ring (bicyclic) bond motifs is 12. The zero-order valence-corrected chi connectivity index (χ0v) is 32.1. The van der Waals surface area contributed by atoms with E-state index >= 15 is 0 Å². The molecular formula is C50H41BN2O2. The summed E-state index contributed by atoms with van der Waals surface area (Å²) >= 11 is 0. The smallest absolute Gasteiger partial charge is 0.297 e. The maximum Gasteiger partial charge on any atom is 0.297 e. The van der Waals surface area contributed by atoms with E-state index in [4.69, 9.17) is 8.83 Å². The topological polar surface area (TPSA) is 32.8 Å². The summed E-state index contributed by atoms with van der Waals surface area (Å²) in [5.41, 5.74) is 15.5. The van der Waals surface area contributed by atoms with Crippen LogP contribution in [0.2, 0.25) is 0 Å². The minimum absolute atomic E-state index is 0.0344. The van der Waals surface area contributed by atoms with E-state index in [1.165, 1.54) is 38.5 Å². The van der Waals surface area contributed by atoms with E-state index in [0.29, 0.717) is 0 Å². The fourth-order valence-corrected chi connectivity index (χ4v) is 9.23. The number of furan rings is 2. The van der Waals surface area contributed by atoms with Gasteiger partial charge in [0, 0.05) is 39.2 Å². The molecule has 0 atom stereocenters. The molecule has 4 heterocycles. The summed E-state index contributed by atoms with van der Waals surface area (Å²) in [5.74, 6) is 0. The Balaban J connectivity index is 1.26. The Kier molecular flexibility index (Phi) is 6.55. The van der Waals surface area contributed by atoms with Crippen molar-refractivity contribution in [2.24, 2.45) is 0 Å². The van der Waals surface area contributed by atoms with Gasteiger partial charge in [0.1, 0.15) is 16.7 Å². The van der Waals surface area contributed by atoms with Crippen molar-refractivity contribution in [3.05, 3.63) is 151 Å². The van der Waals surface area contributed by atoms with Crippen molar-refractivity contribution in [2.75, 3.05) is 9.80 Å². The average Bonchev–Trinajstić information content (AvgIpc) is 3.76. The van der Waals surface area contributed by atoms with E-state index in [1.807, 2.05) is 12.1 Å². The molecule has 11 rings (SSSR count). The fraction of sp³-hybridized carbons (Fsp3) is 0.160. The Bertz CT molecular complexity index is 3010. The summed E-state index contributed by atoms with van der Waals surface area (Å²) in [4.78, 5) is 4.92. The van der Waals surface area contributed by atoms with E-state index in [-0.39, 0.29) is 17.5 Å². The van der Waals surface area contributed by atoms with Crippen LogP contribution in [0.4, 0.5) is 34.1 Å². The Morgan fingerprint density at radius 3 is 1.75 bits per heavy atom. The molecule has 0 spiro atoms. The summed E-state index contributed by atoms with van der Waals surface area (Å²) in [6, 6.07) is 51.1. The first-order chi connectivity index (χ1) is 26.6. The predicted molar refractivity (Wildman–Crippen MR) is 232 cm³/mol. The maximum absolute atomic E-state index is 7.43. The molecule has 266 valence electrons. The predicted octanol–water partition coefficient (Wildman–Crippen LogP) is 12.2. The number of nitrogens with zero attached hydrogens (tertiary/aromatic N) is 2. The van der Waals surface area contributed by atoms with Crippen LogP contribution in [-0.4, -0.2) is 6.71 Å². The summed E-state index contributed by atoms with van der Waals surface area (Å²) < 4.78 is 13.8. The standard InChI is InChI=1S/C50H41BN2O2/c1-49(2,3)31-19-23-33(24-20-31)52-38-15-11-16-39-45(38)51(44-35-13-8-7-12-30(35)18-28-40(44)52)48-46(53(39)34-25-21-32(22-26-34)50(4,5)6)37-27-29-42-43(47(37)55-48)36-14-9-10-17-41(36)54-42/h7-29H,1-6H3. The first-order valence-corrected chi connectivity index (χ1v) is 19.4. The largest absolute Gasteiger partial charge is 0.467 e. The highest BCUT2D eigenvalue weighted by Gasteiger charge is 2.47. The number of hydrogen-bond donors (Lipinski definition) is 0. The SMILES string of the molecule is CC(C)(C)c1ccc(N2c3cccc4c3B(c3oc5c(ccc6oc7ccccc7c65)c3N4c3ccc(C(C)(C)C)cc3)c3c2ccc2ccccc32)cc1. The quantitative estimate of drug-likeness (QED) is 0.167. The molecule has 5 heteroatoms. The lowest BCUT2D eigenvalue weighted by Crippen LogP contribution is -2.61. The molecule has 0 aliphatic carbocycles. The molecule has 0 unspecified atom stereocenters. The van der Waals surface area contributed by atoms with Crippen LogP contribution in [0.15, 0.2) is 148 Å². The van der Waals surface area contributed by atoms with E-state index in [2.05, 4.69) is 179 Å². The summed E-state index contributed by atoms with van der Waals surface area (Å²) in [5, 5.41) is 5.60. The fourth-order valence-electron chi connectivity index (χ4n) is 9.23. The number of para-hydroxylation sites is 1. The van der Waals surface area contributed by atoms with Gasteiger partial charge >= 0.3 is 0 Å². The van der Waals surface area contributed by atoms with Crippen LogP contribution < -0.4 is 26.4 Å². The Morgan fingerprint density at radius 2 is 1.05 bits per heavy atom. The molecule has 0 amide bonds. The monoisotopic (exact) mass is 712 g/mol. The van der Waals surface area contributed by atoms with Crippen molar-refractivity contribution in [2.45, 2.75) is 52.4 Å². The lowest BCUT2D eigenvalue weighted by Gasteiger charge is -2.42.